The van der Waals surface area contributed by atoms with Gasteiger partial charge in [0.1, 0.15) is 0 Å². The zero-order chi connectivity index (χ0) is 15.9. The molecule has 2 rings (SSSR count). The zero-order valence-corrected chi connectivity index (χ0v) is 17.7. The summed E-state index contributed by atoms with van der Waals surface area (Å²) in [4.78, 5) is 0. The Hall–Kier alpha value is 0.246. The second kappa shape index (κ2) is 7.21. The fraction of sp³-hybridized carbons (Fsp3) is 0.800. The standard InChI is InChI=1S/2C10H18.Mg/c2*1-7-6-8(2)10(4,5)9(7)3;/h2*8H,6H2,1-5H3;. The van der Waals surface area contributed by atoms with Crippen LogP contribution in [0, 0.1) is 22.7 Å². The van der Waals surface area contributed by atoms with Crippen molar-refractivity contribution in [3.05, 3.63) is 22.3 Å². The van der Waals surface area contributed by atoms with E-state index in [9.17, 15) is 0 Å². The topological polar surface area (TPSA) is 0 Å². The van der Waals surface area contributed by atoms with Gasteiger partial charge >= 0.3 is 0 Å². The molecule has 2 aliphatic carbocycles. The molecule has 2 atom stereocenters. The molecule has 118 valence electrons. The van der Waals surface area contributed by atoms with Crippen LogP contribution in [0.2, 0.25) is 0 Å². The van der Waals surface area contributed by atoms with Crippen LogP contribution in [0.3, 0.4) is 0 Å². The summed E-state index contributed by atoms with van der Waals surface area (Å²) >= 11 is 0. The van der Waals surface area contributed by atoms with Gasteiger partial charge in [0.2, 0.25) is 0 Å². The van der Waals surface area contributed by atoms with Crippen LogP contribution >= 0.6 is 0 Å². The van der Waals surface area contributed by atoms with E-state index in [2.05, 4.69) is 69.2 Å². The summed E-state index contributed by atoms with van der Waals surface area (Å²) in [5.74, 6) is 1.68. The van der Waals surface area contributed by atoms with Gasteiger partial charge in [0.15, 0.2) is 0 Å². The summed E-state index contributed by atoms with van der Waals surface area (Å²) in [7, 11) is 0. The molecule has 0 aliphatic heterocycles. The minimum atomic E-state index is 0. The van der Waals surface area contributed by atoms with E-state index < -0.39 is 0 Å². The third-order valence-electron chi connectivity index (χ3n) is 6.90. The van der Waals surface area contributed by atoms with Crippen molar-refractivity contribution in [2.75, 3.05) is 0 Å². The first-order valence-electron chi connectivity index (χ1n) is 8.26. The van der Waals surface area contributed by atoms with Crippen molar-refractivity contribution < 1.29 is 0 Å². The number of rotatable bonds is 0. The average molecular weight is 301 g/mol. The lowest BCUT2D eigenvalue weighted by Crippen LogP contribution is -2.16. The van der Waals surface area contributed by atoms with Crippen molar-refractivity contribution in [3.63, 3.8) is 0 Å². The van der Waals surface area contributed by atoms with Crippen molar-refractivity contribution in [3.8, 4) is 0 Å². The van der Waals surface area contributed by atoms with E-state index in [1.54, 1.807) is 22.3 Å². The summed E-state index contributed by atoms with van der Waals surface area (Å²) in [6.45, 7) is 23.2. The quantitative estimate of drug-likeness (QED) is 0.359. The molecule has 2 unspecified atom stereocenters. The normalized spacial score (nSPS) is 30.0. The lowest BCUT2D eigenvalue weighted by atomic mass is 9.79. The van der Waals surface area contributed by atoms with Gasteiger partial charge in [-0.25, -0.2) is 0 Å². The first-order valence-corrected chi connectivity index (χ1v) is 8.26. The third kappa shape index (κ3) is 4.16. The van der Waals surface area contributed by atoms with Crippen LogP contribution in [0.1, 0.15) is 82.1 Å². The van der Waals surface area contributed by atoms with Gasteiger partial charge in [0, 0.05) is 23.1 Å². The molecule has 0 aromatic rings. The first-order chi connectivity index (χ1) is 8.92. The van der Waals surface area contributed by atoms with Gasteiger partial charge in [-0.05, 0) is 63.2 Å². The van der Waals surface area contributed by atoms with Crippen molar-refractivity contribution in [1.82, 2.24) is 0 Å². The van der Waals surface area contributed by atoms with Crippen LogP contribution in [-0.2, 0) is 0 Å². The molecule has 0 fully saturated rings. The second-order valence-electron chi connectivity index (χ2n) is 8.46. The summed E-state index contributed by atoms with van der Waals surface area (Å²) in [5.41, 5.74) is 7.36. The van der Waals surface area contributed by atoms with Gasteiger partial charge in [0.05, 0.1) is 0 Å². The highest BCUT2D eigenvalue weighted by Gasteiger charge is 2.34. The van der Waals surface area contributed by atoms with Gasteiger partial charge in [0.25, 0.3) is 0 Å². The fourth-order valence-corrected chi connectivity index (χ4v) is 3.57. The third-order valence-corrected chi connectivity index (χ3v) is 6.90. The molecule has 0 spiro atoms. The summed E-state index contributed by atoms with van der Waals surface area (Å²) in [6, 6.07) is 0. The van der Waals surface area contributed by atoms with Crippen LogP contribution in [0.25, 0.3) is 0 Å². The molecule has 2 aliphatic rings. The summed E-state index contributed by atoms with van der Waals surface area (Å²) in [6.07, 6.45) is 2.61. The molecular weight excluding hydrogens is 265 g/mol. The van der Waals surface area contributed by atoms with Crippen molar-refractivity contribution in [2.45, 2.75) is 82.1 Å². The minimum Gasteiger partial charge on any atom is -0.0736 e. The smallest absolute Gasteiger partial charge is 0 e. The van der Waals surface area contributed by atoms with E-state index >= 15 is 0 Å². The van der Waals surface area contributed by atoms with Crippen molar-refractivity contribution >= 4 is 23.1 Å². The maximum atomic E-state index is 2.35. The Bertz CT molecular complexity index is 393. The zero-order valence-electron chi connectivity index (χ0n) is 16.3. The molecule has 2 radical (unpaired) electrons. The molecule has 0 N–H and O–H groups in total. The fourth-order valence-electron chi connectivity index (χ4n) is 3.57. The van der Waals surface area contributed by atoms with Gasteiger partial charge < -0.3 is 0 Å². The Labute approximate surface area is 150 Å². The van der Waals surface area contributed by atoms with Gasteiger partial charge in [-0.3, -0.25) is 0 Å². The molecule has 0 amide bonds. The Morgan fingerprint density at radius 1 is 0.667 bits per heavy atom. The number of allylic oxidation sites excluding steroid dienone is 4. The predicted molar refractivity (Wildman–Crippen MR) is 97.6 cm³/mol. The van der Waals surface area contributed by atoms with Crippen LogP contribution in [0.4, 0.5) is 0 Å². The molecule has 0 aromatic heterocycles. The summed E-state index contributed by atoms with van der Waals surface area (Å²) in [5, 5.41) is 0. The molecule has 0 saturated carbocycles. The minimum absolute atomic E-state index is 0. The maximum Gasteiger partial charge on any atom is 0 e. The Morgan fingerprint density at radius 2 is 0.905 bits per heavy atom. The Kier molecular flexibility index (Phi) is 7.30. The maximum absolute atomic E-state index is 2.35. The van der Waals surface area contributed by atoms with Crippen molar-refractivity contribution in [2.24, 2.45) is 22.7 Å². The van der Waals surface area contributed by atoms with Gasteiger partial charge in [-0.1, -0.05) is 63.8 Å². The van der Waals surface area contributed by atoms with Crippen molar-refractivity contribution in [1.29, 1.82) is 0 Å². The molecule has 0 aromatic carbocycles. The molecule has 0 bridgehead atoms. The number of hydrogen-bond donors (Lipinski definition) is 0. The molecule has 0 saturated heterocycles. The lowest BCUT2D eigenvalue weighted by molar-refractivity contribution is 0.316. The highest BCUT2D eigenvalue weighted by molar-refractivity contribution is 5.75. The molecular formula is C20H36Mg. The molecule has 1 heteroatoms. The molecule has 0 nitrogen and oxygen atoms in total. The Morgan fingerprint density at radius 3 is 0.952 bits per heavy atom. The predicted octanol–water partition coefficient (Wildman–Crippen LogP) is 6.40. The van der Waals surface area contributed by atoms with Crippen LogP contribution in [0.5, 0.6) is 0 Å². The molecule has 21 heavy (non-hydrogen) atoms. The summed E-state index contributed by atoms with van der Waals surface area (Å²) < 4.78 is 0. The highest BCUT2D eigenvalue weighted by Crippen LogP contribution is 2.46. The van der Waals surface area contributed by atoms with E-state index in [0.717, 1.165) is 11.8 Å². The van der Waals surface area contributed by atoms with E-state index in [0.29, 0.717) is 10.8 Å². The van der Waals surface area contributed by atoms with Gasteiger partial charge in [-0.2, -0.15) is 0 Å². The van der Waals surface area contributed by atoms with Gasteiger partial charge in [-0.15, -0.1) is 0 Å². The average Bonchev–Trinajstić information content (AvgIpc) is 2.62. The number of hydrogen-bond acceptors (Lipinski definition) is 0. The largest absolute Gasteiger partial charge is 0.0736 e. The first kappa shape index (κ1) is 21.2. The van der Waals surface area contributed by atoms with Crippen LogP contribution in [0.15, 0.2) is 22.3 Å². The van der Waals surface area contributed by atoms with Crippen LogP contribution in [-0.4, -0.2) is 23.1 Å². The van der Waals surface area contributed by atoms with E-state index in [1.807, 2.05) is 0 Å². The van der Waals surface area contributed by atoms with E-state index in [-0.39, 0.29) is 23.1 Å². The van der Waals surface area contributed by atoms with E-state index in [1.165, 1.54) is 12.8 Å². The Balaban J connectivity index is 0.000000364. The SMILES string of the molecule is CC1=C(C)C(C)(C)C(C)C1.CC1=C(C)C(C)(C)C(C)C1.[Mg]. The lowest BCUT2D eigenvalue weighted by Gasteiger charge is -2.26. The highest BCUT2D eigenvalue weighted by atomic mass is 24.3. The second-order valence-corrected chi connectivity index (χ2v) is 8.46. The monoisotopic (exact) mass is 300 g/mol. The van der Waals surface area contributed by atoms with Crippen LogP contribution < -0.4 is 0 Å². The molecule has 0 heterocycles. The van der Waals surface area contributed by atoms with E-state index in [4.69, 9.17) is 0 Å².